The van der Waals surface area contributed by atoms with Crippen LogP contribution in [0.3, 0.4) is 0 Å². The predicted molar refractivity (Wildman–Crippen MR) is 146 cm³/mol. The maximum Gasteiger partial charge on any atom is 0.228 e. The number of hydrogen-bond donors (Lipinski definition) is 1. The molecular weight excluding hydrogens is 476 g/mol. The monoisotopic (exact) mass is 504 g/mol. The van der Waals surface area contributed by atoms with Crippen molar-refractivity contribution in [2.45, 2.75) is 25.8 Å². The van der Waals surface area contributed by atoms with Gasteiger partial charge in [-0.15, -0.1) is 0 Å². The molecule has 0 spiro atoms. The average Bonchev–Trinajstić information content (AvgIpc) is 3.52. The Hall–Kier alpha value is -4.55. The zero-order chi connectivity index (χ0) is 26.4. The number of nitriles is 1. The van der Waals surface area contributed by atoms with Crippen LogP contribution in [-0.2, 0) is 0 Å². The normalized spacial score (nSPS) is 14.4. The van der Waals surface area contributed by atoms with Gasteiger partial charge in [-0.3, -0.25) is 9.20 Å². The van der Waals surface area contributed by atoms with Crippen LogP contribution in [0.25, 0.3) is 28.1 Å². The van der Waals surface area contributed by atoms with E-state index in [-0.39, 0.29) is 11.6 Å². The van der Waals surface area contributed by atoms with Crippen LogP contribution in [-0.4, -0.2) is 68.2 Å². The second-order valence-electron chi connectivity index (χ2n) is 9.98. The van der Waals surface area contributed by atoms with Crippen molar-refractivity contribution in [3.63, 3.8) is 0 Å². The third-order valence-corrected chi connectivity index (χ3v) is 7.43. The fourth-order valence-electron chi connectivity index (χ4n) is 5.33. The number of nitrogens with zero attached hydrogens (tertiary/aromatic N) is 7. The van der Waals surface area contributed by atoms with Crippen LogP contribution >= 0.6 is 0 Å². The van der Waals surface area contributed by atoms with Gasteiger partial charge in [-0.05, 0) is 76.3 Å². The molecule has 1 N–H and O–H groups in total. The highest BCUT2D eigenvalue weighted by Crippen LogP contribution is 2.30. The second kappa shape index (κ2) is 9.39. The Kier molecular flexibility index (Phi) is 5.89. The van der Waals surface area contributed by atoms with Gasteiger partial charge in [0, 0.05) is 36.5 Å². The highest BCUT2D eigenvalue weighted by molar-refractivity contribution is 6.08. The SMILES string of the molecule is Cc1nc2ccccn2c1-c1cc(C(=O)c2nc3nc(N4CCC(N(C)C)CC4)ccc3[nH]2)ccc1C#N. The molecule has 190 valence electrons. The third kappa shape index (κ3) is 4.09. The van der Waals surface area contributed by atoms with Crippen LogP contribution in [0.15, 0.2) is 54.7 Å². The Morgan fingerprint density at radius 2 is 1.89 bits per heavy atom. The lowest BCUT2D eigenvalue weighted by molar-refractivity contribution is 0.103. The Bertz CT molecular complexity index is 1720. The number of aryl methyl sites for hydroxylation is 1. The maximum absolute atomic E-state index is 13.5. The summed E-state index contributed by atoms with van der Waals surface area (Å²) < 4.78 is 1.94. The molecule has 0 amide bonds. The number of imidazole rings is 2. The lowest BCUT2D eigenvalue weighted by atomic mass is 9.98. The molecule has 1 aliphatic rings. The Morgan fingerprint density at radius 1 is 1.08 bits per heavy atom. The van der Waals surface area contributed by atoms with E-state index in [2.05, 4.69) is 44.9 Å². The molecule has 38 heavy (non-hydrogen) atoms. The van der Waals surface area contributed by atoms with E-state index < -0.39 is 0 Å². The van der Waals surface area contributed by atoms with Gasteiger partial charge in [0.15, 0.2) is 11.5 Å². The number of hydrogen-bond acceptors (Lipinski definition) is 7. The summed E-state index contributed by atoms with van der Waals surface area (Å²) >= 11 is 0. The van der Waals surface area contributed by atoms with E-state index in [0.717, 1.165) is 48.8 Å². The molecule has 9 heteroatoms. The third-order valence-electron chi connectivity index (χ3n) is 7.43. The van der Waals surface area contributed by atoms with E-state index in [1.807, 2.05) is 47.9 Å². The Morgan fingerprint density at radius 3 is 2.66 bits per heavy atom. The van der Waals surface area contributed by atoms with Crippen molar-refractivity contribution in [2.75, 3.05) is 32.1 Å². The zero-order valence-corrected chi connectivity index (χ0v) is 21.6. The second-order valence-corrected chi connectivity index (χ2v) is 9.98. The number of pyridine rings is 2. The first kappa shape index (κ1) is 23.8. The molecule has 0 radical (unpaired) electrons. The molecule has 0 aliphatic carbocycles. The summed E-state index contributed by atoms with van der Waals surface area (Å²) in [6.45, 7) is 3.78. The van der Waals surface area contributed by atoms with Gasteiger partial charge in [-0.25, -0.2) is 15.0 Å². The molecule has 1 fully saturated rings. The molecule has 0 unspecified atom stereocenters. The molecule has 0 atom stereocenters. The molecule has 5 aromatic rings. The molecule has 4 aromatic heterocycles. The minimum Gasteiger partial charge on any atom is -0.356 e. The summed E-state index contributed by atoms with van der Waals surface area (Å²) in [5.41, 5.74) is 5.17. The molecule has 1 aliphatic heterocycles. The number of piperidine rings is 1. The van der Waals surface area contributed by atoms with Crippen LogP contribution in [0.5, 0.6) is 0 Å². The number of nitrogens with one attached hydrogen (secondary N) is 1. The summed E-state index contributed by atoms with van der Waals surface area (Å²) in [6, 6.07) is 17.6. The van der Waals surface area contributed by atoms with Crippen molar-refractivity contribution < 1.29 is 4.79 Å². The largest absolute Gasteiger partial charge is 0.356 e. The summed E-state index contributed by atoms with van der Waals surface area (Å²) in [5, 5.41) is 9.80. The molecular formula is C29H28N8O. The van der Waals surface area contributed by atoms with Gasteiger partial charge >= 0.3 is 0 Å². The standard InChI is InChI=1S/C29H28N8O/c1-18-26(37-13-5-4-6-25(37)31-18)22-16-19(7-8-20(22)17-30)27(38)29-32-23-9-10-24(33-28(23)34-29)36-14-11-21(12-15-36)35(2)3/h4-10,13,16,21H,11-12,14-15H2,1-3H3,(H,32,33,34). The van der Waals surface area contributed by atoms with Crippen molar-refractivity contribution in [3.05, 3.63) is 77.4 Å². The van der Waals surface area contributed by atoms with Crippen LogP contribution in [0, 0.1) is 18.3 Å². The Balaban J connectivity index is 1.32. The smallest absolute Gasteiger partial charge is 0.228 e. The van der Waals surface area contributed by atoms with E-state index in [1.54, 1.807) is 18.2 Å². The number of ketones is 1. The number of carbonyl (C=O) groups excluding carboxylic acids is 1. The molecule has 1 aromatic carbocycles. The fourth-order valence-corrected chi connectivity index (χ4v) is 5.33. The number of aromatic nitrogens is 5. The highest BCUT2D eigenvalue weighted by Gasteiger charge is 2.23. The molecule has 1 saturated heterocycles. The highest BCUT2D eigenvalue weighted by atomic mass is 16.1. The fraction of sp³-hybridized carbons (Fsp3) is 0.276. The van der Waals surface area contributed by atoms with Crippen molar-refractivity contribution in [2.24, 2.45) is 0 Å². The minimum atomic E-state index is -0.256. The van der Waals surface area contributed by atoms with E-state index in [1.165, 1.54) is 0 Å². The number of benzene rings is 1. The lowest BCUT2D eigenvalue weighted by Gasteiger charge is -2.35. The number of anilines is 1. The van der Waals surface area contributed by atoms with Crippen molar-refractivity contribution >= 4 is 28.4 Å². The average molecular weight is 505 g/mol. The number of carbonyl (C=O) groups is 1. The van der Waals surface area contributed by atoms with Crippen LogP contribution in [0.4, 0.5) is 5.82 Å². The Labute approximate surface area is 220 Å². The number of aromatic amines is 1. The summed E-state index contributed by atoms with van der Waals surface area (Å²) in [7, 11) is 4.26. The zero-order valence-electron chi connectivity index (χ0n) is 21.6. The van der Waals surface area contributed by atoms with E-state index in [4.69, 9.17) is 4.98 Å². The summed E-state index contributed by atoms with van der Waals surface area (Å²) in [5.74, 6) is 0.846. The molecule has 0 saturated carbocycles. The lowest BCUT2D eigenvalue weighted by Crippen LogP contribution is -2.42. The minimum absolute atomic E-state index is 0.224. The van der Waals surface area contributed by atoms with Gasteiger partial charge < -0.3 is 14.8 Å². The van der Waals surface area contributed by atoms with E-state index in [9.17, 15) is 10.1 Å². The van der Waals surface area contributed by atoms with Crippen LogP contribution < -0.4 is 4.90 Å². The maximum atomic E-state index is 13.5. The molecule has 9 nitrogen and oxygen atoms in total. The predicted octanol–water partition coefficient (Wildman–Crippen LogP) is 4.21. The molecule has 5 heterocycles. The first-order chi connectivity index (χ1) is 18.4. The molecule has 0 bridgehead atoms. The summed E-state index contributed by atoms with van der Waals surface area (Å²) in [4.78, 5) is 35.2. The van der Waals surface area contributed by atoms with Gasteiger partial charge in [0.25, 0.3) is 0 Å². The number of fused-ring (bicyclic) bond motifs is 2. The van der Waals surface area contributed by atoms with Crippen molar-refractivity contribution in [1.82, 2.24) is 29.2 Å². The quantitative estimate of drug-likeness (QED) is 0.357. The number of H-pyrrole nitrogens is 1. The van der Waals surface area contributed by atoms with Gasteiger partial charge in [-0.1, -0.05) is 6.07 Å². The van der Waals surface area contributed by atoms with Gasteiger partial charge in [0.05, 0.1) is 28.5 Å². The van der Waals surface area contributed by atoms with Gasteiger partial charge in [0.2, 0.25) is 5.78 Å². The van der Waals surface area contributed by atoms with Crippen LogP contribution in [0.2, 0.25) is 0 Å². The number of rotatable bonds is 5. The van der Waals surface area contributed by atoms with E-state index in [0.29, 0.717) is 33.9 Å². The van der Waals surface area contributed by atoms with Crippen LogP contribution in [0.1, 0.15) is 40.3 Å². The van der Waals surface area contributed by atoms with Crippen molar-refractivity contribution in [3.8, 4) is 17.3 Å². The first-order valence-corrected chi connectivity index (χ1v) is 12.7. The van der Waals surface area contributed by atoms with Gasteiger partial charge in [0.1, 0.15) is 11.5 Å². The molecule has 6 rings (SSSR count). The van der Waals surface area contributed by atoms with E-state index >= 15 is 0 Å². The summed E-state index contributed by atoms with van der Waals surface area (Å²) in [6.07, 6.45) is 4.08. The van der Waals surface area contributed by atoms with Gasteiger partial charge in [-0.2, -0.15) is 5.26 Å². The first-order valence-electron chi connectivity index (χ1n) is 12.7. The topological polar surface area (TPSA) is 106 Å². The van der Waals surface area contributed by atoms with Crippen molar-refractivity contribution in [1.29, 1.82) is 5.26 Å².